The Morgan fingerprint density at radius 2 is 2.06 bits per heavy atom. The van der Waals surface area contributed by atoms with Crippen LogP contribution in [0.25, 0.3) is 0 Å². The molecule has 0 amide bonds. The van der Waals surface area contributed by atoms with Gasteiger partial charge in [0.1, 0.15) is 5.82 Å². The number of hydrogen-bond donors (Lipinski definition) is 1. The van der Waals surface area contributed by atoms with Crippen molar-refractivity contribution in [2.45, 2.75) is 44.2 Å². The first-order valence-electron chi connectivity index (χ1n) is 6.27. The van der Waals surface area contributed by atoms with E-state index in [4.69, 9.17) is 5.73 Å². The number of nitrogens with zero attached hydrogens (tertiary/aromatic N) is 2. The molecule has 1 aromatic rings. The second kappa shape index (κ2) is 5.18. The van der Waals surface area contributed by atoms with E-state index in [0.717, 1.165) is 11.4 Å². The zero-order valence-corrected chi connectivity index (χ0v) is 10.6. The molecule has 0 radical (unpaired) electrons. The highest BCUT2D eigenvalue weighted by Gasteiger charge is 2.36. The van der Waals surface area contributed by atoms with E-state index < -0.39 is 5.92 Å². The number of rotatable bonds is 3. The molecule has 1 fully saturated rings. The van der Waals surface area contributed by atoms with Gasteiger partial charge >= 0.3 is 0 Å². The molecule has 1 aromatic heterocycles. The van der Waals surface area contributed by atoms with E-state index in [0.29, 0.717) is 19.4 Å². The van der Waals surface area contributed by atoms with Gasteiger partial charge in [0.2, 0.25) is 5.92 Å². The molecule has 0 spiro atoms. The maximum atomic E-state index is 13.1. The van der Waals surface area contributed by atoms with E-state index in [2.05, 4.69) is 4.98 Å². The van der Waals surface area contributed by atoms with Crippen molar-refractivity contribution in [1.29, 1.82) is 0 Å². The highest BCUT2D eigenvalue weighted by molar-refractivity contribution is 5.39. The summed E-state index contributed by atoms with van der Waals surface area (Å²) in [6, 6.07) is 3.98. The van der Waals surface area contributed by atoms with Crippen molar-refractivity contribution in [2.75, 3.05) is 11.9 Å². The lowest BCUT2D eigenvalue weighted by atomic mass is 9.91. The number of pyridine rings is 1. The van der Waals surface area contributed by atoms with Gasteiger partial charge in [-0.1, -0.05) is 6.07 Å². The summed E-state index contributed by atoms with van der Waals surface area (Å²) >= 11 is 0. The van der Waals surface area contributed by atoms with Gasteiger partial charge in [0.05, 0.1) is 0 Å². The molecule has 0 aliphatic heterocycles. The van der Waals surface area contributed by atoms with Crippen molar-refractivity contribution >= 4 is 5.82 Å². The van der Waals surface area contributed by atoms with Crippen LogP contribution in [0.3, 0.4) is 0 Å². The molecule has 0 unspecified atom stereocenters. The van der Waals surface area contributed by atoms with Gasteiger partial charge in [-0.25, -0.2) is 13.8 Å². The molecule has 0 aromatic carbocycles. The molecule has 18 heavy (non-hydrogen) atoms. The molecular formula is C13H19F2N3. The summed E-state index contributed by atoms with van der Waals surface area (Å²) in [5.74, 6) is -1.66. The van der Waals surface area contributed by atoms with E-state index in [-0.39, 0.29) is 18.9 Å². The van der Waals surface area contributed by atoms with Gasteiger partial charge in [-0.2, -0.15) is 0 Å². The molecule has 1 aliphatic rings. The van der Waals surface area contributed by atoms with Gasteiger partial charge < -0.3 is 10.6 Å². The zero-order valence-electron chi connectivity index (χ0n) is 10.6. The van der Waals surface area contributed by atoms with Crippen molar-refractivity contribution in [1.82, 2.24) is 4.98 Å². The number of nitrogens with two attached hydrogens (primary N) is 1. The first-order valence-corrected chi connectivity index (χ1v) is 6.27. The predicted octanol–water partition coefficient (Wildman–Crippen LogP) is 2.55. The Balaban J connectivity index is 2.00. The van der Waals surface area contributed by atoms with Crippen LogP contribution >= 0.6 is 0 Å². The van der Waals surface area contributed by atoms with Gasteiger partial charge in [-0.3, -0.25) is 0 Å². The number of hydrogen-bond acceptors (Lipinski definition) is 3. The second-order valence-corrected chi connectivity index (χ2v) is 4.93. The third kappa shape index (κ3) is 2.96. The third-order valence-electron chi connectivity index (χ3n) is 3.64. The van der Waals surface area contributed by atoms with Gasteiger partial charge in [0.25, 0.3) is 0 Å². The monoisotopic (exact) mass is 255 g/mol. The minimum Gasteiger partial charge on any atom is -0.357 e. The number of alkyl halides is 2. The number of anilines is 1. The number of halogens is 2. The van der Waals surface area contributed by atoms with Crippen LogP contribution in [0, 0.1) is 0 Å². The Morgan fingerprint density at radius 1 is 1.39 bits per heavy atom. The van der Waals surface area contributed by atoms with Crippen molar-refractivity contribution in [3.8, 4) is 0 Å². The maximum Gasteiger partial charge on any atom is 0.248 e. The maximum absolute atomic E-state index is 13.1. The molecule has 0 atom stereocenters. The first kappa shape index (κ1) is 13.2. The standard InChI is InChI=1S/C13H19F2N3/c1-18(11-4-6-13(14,15)7-5-11)12-3-2-10(8-16)9-17-12/h2-3,9,11H,4-8,16H2,1H3. The van der Waals surface area contributed by atoms with Gasteiger partial charge in [0, 0.05) is 38.7 Å². The Labute approximate surface area is 106 Å². The smallest absolute Gasteiger partial charge is 0.248 e. The van der Waals surface area contributed by atoms with Crippen LogP contribution in [0.4, 0.5) is 14.6 Å². The summed E-state index contributed by atoms with van der Waals surface area (Å²) in [5, 5.41) is 0. The fraction of sp³-hybridized carbons (Fsp3) is 0.615. The molecule has 0 bridgehead atoms. The minimum atomic E-state index is -2.48. The van der Waals surface area contributed by atoms with Gasteiger partial charge in [0.15, 0.2) is 0 Å². The number of aromatic nitrogens is 1. The first-order chi connectivity index (χ1) is 8.52. The van der Waals surface area contributed by atoms with Crippen LogP contribution in [0.5, 0.6) is 0 Å². The summed E-state index contributed by atoms with van der Waals surface area (Å²) in [5.41, 5.74) is 6.49. The largest absolute Gasteiger partial charge is 0.357 e. The lowest BCUT2D eigenvalue weighted by molar-refractivity contribution is -0.0378. The highest BCUT2D eigenvalue weighted by Crippen LogP contribution is 2.35. The van der Waals surface area contributed by atoms with E-state index in [9.17, 15) is 8.78 Å². The van der Waals surface area contributed by atoms with Gasteiger partial charge in [-0.15, -0.1) is 0 Å². The summed E-state index contributed by atoms with van der Waals surface area (Å²) in [6.07, 6.45) is 2.72. The van der Waals surface area contributed by atoms with E-state index in [1.54, 1.807) is 6.20 Å². The average molecular weight is 255 g/mol. The molecule has 1 aliphatic carbocycles. The lowest BCUT2D eigenvalue weighted by Gasteiger charge is -2.35. The summed E-state index contributed by atoms with van der Waals surface area (Å²) in [4.78, 5) is 6.31. The molecule has 100 valence electrons. The van der Waals surface area contributed by atoms with Crippen LogP contribution in [-0.4, -0.2) is 24.0 Å². The quantitative estimate of drug-likeness (QED) is 0.902. The molecule has 2 rings (SSSR count). The summed E-state index contributed by atoms with van der Waals surface area (Å²) in [6.45, 7) is 0.465. The van der Waals surface area contributed by atoms with Crippen LogP contribution < -0.4 is 10.6 Å². The topological polar surface area (TPSA) is 42.1 Å². The van der Waals surface area contributed by atoms with Crippen LogP contribution in [-0.2, 0) is 6.54 Å². The Hall–Kier alpha value is -1.23. The van der Waals surface area contributed by atoms with Gasteiger partial charge in [-0.05, 0) is 24.5 Å². The van der Waals surface area contributed by atoms with E-state index in [1.807, 2.05) is 24.1 Å². The highest BCUT2D eigenvalue weighted by atomic mass is 19.3. The Morgan fingerprint density at radius 3 is 2.56 bits per heavy atom. The fourth-order valence-corrected chi connectivity index (χ4v) is 2.35. The molecule has 3 nitrogen and oxygen atoms in total. The van der Waals surface area contributed by atoms with E-state index in [1.165, 1.54) is 0 Å². The average Bonchev–Trinajstić information content (AvgIpc) is 2.38. The molecule has 1 heterocycles. The molecule has 0 saturated heterocycles. The lowest BCUT2D eigenvalue weighted by Crippen LogP contribution is -2.38. The zero-order chi connectivity index (χ0) is 13.2. The molecular weight excluding hydrogens is 236 g/mol. The minimum absolute atomic E-state index is 0.0249. The van der Waals surface area contributed by atoms with Crippen molar-refractivity contribution in [3.63, 3.8) is 0 Å². The van der Waals surface area contributed by atoms with Crippen molar-refractivity contribution < 1.29 is 8.78 Å². The predicted molar refractivity (Wildman–Crippen MR) is 67.7 cm³/mol. The summed E-state index contributed by atoms with van der Waals surface area (Å²) < 4.78 is 26.2. The van der Waals surface area contributed by atoms with Crippen molar-refractivity contribution in [3.05, 3.63) is 23.9 Å². The fourth-order valence-electron chi connectivity index (χ4n) is 2.35. The van der Waals surface area contributed by atoms with Crippen LogP contribution in [0.15, 0.2) is 18.3 Å². The third-order valence-corrected chi connectivity index (χ3v) is 3.64. The SMILES string of the molecule is CN(c1ccc(CN)cn1)C1CCC(F)(F)CC1. The summed E-state index contributed by atoms with van der Waals surface area (Å²) in [7, 11) is 1.92. The van der Waals surface area contributed by atoms with Crippen LogP contribution in [0.1, 0.15) is 31.2 Å². The molecule has 5 heteroatoms. The van der Waals surface area contributed by atoms with Crippen LogP contribution in [0.2, 0.25) is 0 Å². The van der Waals surface area contributed by atoms with Crippen molar-refractivity contribution in [2.24, 2.45) is 5.73 Å². The molecule has 2 N–H and O–H groups in total. The Kier molecular flexibility index (Phi) is 3.80. The Bertz CT molecular complexity index is 382. The normalized spacial score (nSPS) is 19.8. The van der Waals surface area contributed by atoms with E-state index >= 15 is 0 Å². The second-order valence-electron chi connectivity index (χ2n) is 4.93. The molecule has 1 saturated carbocycles.